The Hall–Kier alpha value is -0.470. The van der Waals surface area contributed by atoms with Gasteiger partial charge in [0.2, 0.25) is 0 Å². The third kappa shape index (κ3) is 0.931. The van der Waals surface area contributed by atoms with Crippen LogP contribution in [0.15, 0.2) is 16.5 Å². The molecule has 1 aromatic heterocycles. The highest BCUT2D eigenvalue weighted by Crippen LogP contribution is 2.63. The molecule has 70 valence electrons. The van der Waals surface area contributed by atoms with Crippen molar-refractivity contribution in [3.05, 3.63) is 23.1 Å². The fraction of sp³-hybridized carbons (Fsp3) is 0.600. The summed E-state index contributed by atoms with van der Waals surface area (Å²) in [7, 11) is 0. The topological polar surface area (TPSA) is 39.2 Å². The van der Waals surface area contributed by atoms with E-state index in [4.69, 9.17) is 21.8 Å². The average Bonchev–Trinajstić information content (AvgIpc) is 2.97. The van der Waals surface area contributed by atoms with Gasteiger partial charge in [0.05, 0.1) is 0 Å². The maximum atomic E-state index is 6.23. The summed E-state index contributed by atoms with van der Waals surface area (Å²) in [6.07, 6.45) is 4.58. The minimum atomic E-state index is 0.0220. The highest BCUT2D eigenvalue weighted by Gasteiger charge is 2.65. The van der Waals surface area contributed by atoms with E-state index in [0.29, 0.717) is 5.22 Å². The first-order valence-electron chi connectivity index (χ1n) is 4.71. The van der Waals surface area contributed by atoms with Gasteiger partial charge in [0.25, 0.3) is 0 Å². The molecule has 0 spiro atoms. The first-order chi connectivity index (χ1) is 6.16. The van der Waals surface area contributed by atoms with E-state index in [0.717, 1.165) is 31.4 Å². The van der Waals surface area contributed by atoms with E-state index < -0.39 is 0 Å². The smallest absolute Gasteiger partial charge is 0.193 e. The number of hydrogen-bond acceptors (Lipinski definition) is 2. The Morgan fingerprint density at radius 2 is 1.92 bits per heavy atom. The zero-order valence-corrected chi connectivity index (χ0v) is 8.10. The quantitative estimate of drug-likeness (QED) is 0.791. The van der Waals surface area contributed by atoms with Crippen LogP contribution in [-0.4, -0.2) is 5.54 Å². The maximum absolute atomic E-state index is 6.23. The zero-order valence-electron chi connectivity index (χ0n) is 7.35. The summed E-state index contributed by atoms with van der Waals surface area (Å²) in [6, 6.07) is 3.78. The predicted molar refractivity (Wildman–Crippen MR) is 50.8 cm³/mol. The van der Waals surface area contributed by atoms with Crippen LogP contribution in [0.25, 0.3) is 0 Å². The molecule has 0 aliphatic heterocycles. The van der Waals surface area contributed by atoms with Gasteiger partial charge in [-0.2, -0.15) is 0 Å². The van der Waals surface area contributed by atoms with Crippen molar-refractivity contribution in [1.29, 1.82) is 0 Å². The summed E-state index contributed by atoms with van der Waals surface area (Å²) < 4.78 is 5.46. The molecular formula is C10H12ClNO. The van der Waals surface area contributed by atoms with Crippen LogP contribution in [0.5, 0.6) is 0 Å². The van der Waals surface area contributed by atoms with Crippen LogP contribution in [0.4, 0.5) is 0 Å². The van der Waals surface area contributed by atoms with Crippen LogP contribution in [0.1, 0.15) is 31.4 Å². The molecule has 2 nitrogen and oxygen atoms in total. The number of nitrogens with two attached hydrogens (primary N) is 1. The van der Waals surface area contributed by atoms with E-state index in [-0.39, 0.29) is 11.0 Å². The Labute approximate surface area is 82.0 Å². The second-order valence-corrected chi connectivity index (χ2v) is 4.71. The normalized spacial score (nSPS) is 27.2. The van der Waals surface area contributed by atoms with Crippen LogP contribution in [-0.2, 0) is 5.41 Å². The Kier molecular flexibility index (Phi) is 1.29. The summed E-state index contributed by atoms with van der Waals surface area (Å²) in [5.41, 5.74) is 6.39. The standard InChI is InChI=1S/C10H12ClNO/c11-8-2-1-7(13-8)9(3-4-9)10(12)5-6-10/h1-2H,3-6,12H2. The minimum absolute atomic E-state index is 0.0220. The largest absolute Gasteiger partial charge is 0.449 e. The highest BCUT2D eigenvalue weighted by molar-refractivity contribution is 6.28. The van der Waals surface area contributed by atoms with Gasteiger partial charge in [-0.15, -0.1) is 0 Å². The van der Waals surface area contributed by atoms with Crippen LogP contribution in [0, 0.1) is 0 Å². The molecule has 2 saturated carbocycles. The van der Waals surface area contributed by atoms with Gasteiger partial charge in [-0.3, -0.25) is 0 Å². The lowest BCUT2D eigenvalue weighted by atomic mass is 9.92. The van der Waals surface area contributed by atoms with Crippen LogP contribution >= 0.6 is 11.6 Å². The molecule has 0 saturated heterocycles. The van der Waals surface area contributed by atoms with Gasteiger partial charge in [0, 0.05) is 11.0 Å². The van der Waals surface area contributed by atoms with Crippen molar-refractivity contribution in [1.82, 2.24) is 0 Å². The van der Waals surface area contributed by atoms with E-state index in [2.05, 4.69) is 0 Å². The summed E-state index contributed by atoms with van der Waals surface area (Å²) in [5, 5.41) is 0.477. The molecule has 3 heteroatoms. The lowest BCUT2D eigenvalue weighted by Crippen LogP contribution is -2.36. The first-order valence-corrected chi connectivity index (χ1v) is 5.09. The molecule has 2 fully saturated rings. The van der Waals surface area contributed by atoms with Gasteiger partial charge in [0.15, 0.2) is 5.22 Å². The molecule has 0 bridgehead atoms. The van der Waals surface area contributed by atoms with E-state index in [1.165, 1.54) is 0 Å². The summed E-state index contributed by atoms with van der Waals surface area (Å²) in [6.45, 7) is 0. The molecule has 0 amide bonds. The number of rotatable bonds is 2. The Bertz CT molecular complexity index is 350. The SMILES string of the molecule is NC1(C2(c3ccc(Cl)o3)CC2)CC1. The third-order valence-electron chi connectivity index (χ3n) is 3.54. The molecule has 2 N–H and O–H groups in total. The number of halogens is 1. The molecule has 0 unspecified atom stereocenters. The van der Waals surface area contributed by atoms with Gasteiger partial charge >= 0.3 is 0 Å². The Morgan fingerprint density at radius 1 is 1.23 bits per heavy atom. The summed E-state index contributed by atoms with van der Waals surface area (Å²) in [4.78, 5) is 0. The van der Waals surface area contributed by atoms with E-state index in [1.807, 2.05) is 12.1 Å². The fourth-order valence-electron chi connectivity index (χ4n) is 2.30. The van der Waals surface area contributed by atoms with Crippen molar-refractivity contribution >= 4 is 11.6 Å². The summed E-state index contributed by atoms with van der Waals surface area (Å²) in [5.74, 6) is 0.998. The van der Waals surface area contributed by atoms with Crippen molar-refractivity contribution in [3.8, 4) is 0 Å². The first kappa shape index (κ1) is 7.89. The average molecular weight is 198 g/mol. The van der Waals surface area contributed by atoms with Crippen molar-refractivity contribution in [2.45, 2.75) is 36.6 Å². The zero-order chi connectivity index (χ0) is 9.10. The molecule has 2 aliphatic carbocycles. The van der Waals surface area contributed by atoms with Gasteiger partial charge < -0.3 is 10.2 Å². The van der Waals surface area contributed by atoms with Crippen molar-refractivity contribution in [2.75, 3.05) is 0 Å². The van der Waals surface area contributed by atoms with E-state index >= 15 is 0 Å². The molecule has 1 aromatic rings. The van der Waals surface area contributed by atoms with Crippen LogP contribution in [0.2, 0.25) is 5.22 Å². The van der Waals surface area contributed by atoms with Gasteiger partial charge in [-0.1, -0.05) is 0 Å². The minimum Gasteiger partial charge on any atom is -0.449 e. The summed E-state index contributed by atoms with van der Waals surface area (Å²) >= 11 is 5.76. The molecule has 1 heterocycles. The Morgan fingerprint density at radius 3 is 2.31 bits per heavy atom. The van der Waals surface area contributed by atoms with Gasteiger partial charge in [-0.05, 0) is 49.4 Å². The Balaban J connectivity index is 2.00. The lowest BCUT2D eigenvalue weighted by Gasteiger charge is -2.19. The molecule has 2 aliphatic rings. The van der Waals surface area contributed by atoms with Crippen molar-refractivity contribution in [2.24, 2.45) is 5.73 Å². The maximum Gasteiger partial charge on any atom is 0.193 e. The molecule has 3 rings (SSSR count). The van der Waals surface area contributed by atoms with E-state index in [1.54, 1.807) is 0 Å². The van der Waals surface area contributed by atoms with Gasteiger partial charge in [0.1, 0.15) is 5.76 Å². The third-order valence-corrected chi connectivity index (χ3v) is 3.74. The molecule has 13 heavy (non-hydrogen) atoms. The second kappa shape index (κ2) is 2.12. The van der Waals surface area contributed by atoms with Gasteiger partial charge in [-0.25, -0.2) is 0 Å². The molecule has 0 aromatic carbocycles. The van der Waals surface area contributed by atoms with Crippen LogP contribution in [0.3, 0.4) is 0 Å². The van der Waals surface area contributed by atoms with E-state index in [9.17, 15) is 0 Å². The number of furan rings is 1. The van der Waals surface area contributed by atoms with Crippen LogP contribution < -0.4 is 5.73 Å². The highest BCUT2D eigenvalue weighted by atomic mass is 35.5. The fourth-order valence-corrected chi connectivity index (χ4v) is 2.45. The van der Waals surface area contributed by atoms with Crippen molar-refractivity contribution < 1.29 is 4.42 Å². The number of hydrogen-bond donors (Lipinski definition) is 1. The molecule has 0 atom stereocenters. The lowest BCUT2D eigenvalue weighted by molar-refractivity contribution is 0.391. The van der Waals surface area contributed by atoms with Crippen molar-refractivity contribution in [3.63, 3.8) is 0 Å². The predicted octanol–water partition coefficient (Wildman–Crippen LogP) is 2.46. The second-order valence-electron chi connectivity index (χ2n) is 4.34. The molecular weight excluding hydrogens is 186 g/mol. The monoisotopic (exact) mass is 197 g/mol. The molecule has 0 radical (unpaired) electrons.